The van der Waals surface area contributed by atoms with Crippen LogP contribution in [0, 0.1) is 6.92 Å². The number of fused-ring (bicyclic) bond motifs is 2. The molecule has 0 unspecified atom stereocenters. The molecule has 0 saturated carbocycles. The molecule has 0 radical (unpaired) electrons. The minimum atomic E-state index is 1.21. The van der Waals surface area contributed by atoms with Crippen molar-refractivity contribution in [2.75, 3.05) is 0 Å². The quantitative estimate of drug-likeness (QED) is 0.276. The zero-order chi connectivity index (χ0) is 21.5. The Hall–Kier alpha value is -4.10. The summed E-state index contributed by atoms with van der Waals surface area (Å²) in [6.45, 7) is 2.19. The first-order valence-corrected chi connectivity index (χ1v) is 11.0. The summed E-state index contributed by atoms with van der Waals surface area (Å²) in [5, 5.41) is 3.75. The van der Waals surface area contributed by atoms with Gasteiger partial charge >= 0.3 is 0 Å². The van der Waals surface area contributed by atoms with Gasteiger partial charge in [0.1, 0.15) is 0 Å². The summed E-state index contributed by atoms with van der Waals surface area (Å²) >= 11 is 0. The van der Waals surface area contributed by atoms with Crippen molar-refractivity contribution in [2.45, 2.75) is 6.92 Å². The van der Waals surface area contributed by atoms with Gasteiger partial charge in [-0.25, -0.2) is 0 Å². The van der Waals surface area contributed by atoms with Crippen LogP contribution < -0.4 is 0 Å². The molecule has 1 heterocycles. The van der Waals surface area contributed by atoms with E-state index < -0.39 is 0 Å². The van der Waals surface area contributed by atoms with E-state index in [0.29, 0.717) is 0 Å². The van der Waals surface area contributed by atoms with Gasteiger partial charge in [-0.1, -0.05) is 97.1 Å². The number of nitrogens with zero attached hydrogens (tertiary/aromatic N) is 1. The summed E-state index contributed by atoms with van der Waals surface area (Å²) in [5.41, 5.74) is 8.65. The molecule has 1 nitrogen and oxygen atoms in total. The maximum Gasteiger partial charge on any atom is 0.0546 e. The molecule has 0 fully saturated rings. The van der Waals surface area contributed by atoms with Crippen molar-refractivity contribution in [1.82, 2.24) is 4.57 Å². The summed E-state index contributed by atoms with van der Waals surface area (Å²) in [6, 6.07) is 43.6. The molecular formula is C31H23N. The minimum absolute atomic E-state index is 1.21. The molecule has 0 aliphatic heterocycles. The van der Waals surface area contributed by atoms with Crippen LogP contribution in [0.25, 0.3) is 49.7 Å². The molecule has 0 atom stereocenters. The number of para-hydroxylation sites is 1. The molecule has 6 aromatic rings. The SMILES string of the molecule is Cc1ccccc1-[13c]1cc2ccccc2n1-c1cc(-c2ccccc2)cc2ccccc12. The highest BCUT2D eigenvalue weighted by atomic mass is 15.1. The fourth-order valence-electron chi connectivity index (χ4n) is 4.75. The van der Waals surface area contributed by atoms with Crippen molar-refractivity contribution in [3.05, 3.63) is 127 Å². The molecule has 0 aliphatic carbocycles. The average Bonchev–Trinajstić information content (AvgIpc) is 3.23. The summed E-state index contributed by atoms with van der Waals surface area (Å²) in [6.07, 6.45) is 0. The first kappa shape index (κ1) is 18.7. The van der Waals surface area contributed by atoms with Crippen LogP contribution in [0.1, 0.15) is 5.56 Å². The average molecular weight is 411 g/mol. The van der Waals surface area contributed by atoms with Crippen LogP contribution in [0.15, 0.2) is 121 Å². The van der Waals surface area contributed by atoms with Gasteiger partial charge in [-0.05, 0) is 53.3 Å². The van der Waals surface area contributed by atoms with E-state index in [-0.39, 0.29) is 0 Å². The van der Waals surface area contributed by atoms with E-state index in [2.05, 4.69) is 133 Å². The monoisotopic (exact) mass is 410 g/mol. The van der Waals surface area contributed by atoms with Gasteiger partial charge in [-0.2, -0.15) is 0 Å². The Bertz CT molecular complexity index is 1570. The molecule has 6 rings (SSSR count). The molecule has 152 valence electrons. The number of hydrogen-bond donors (Lipinski definition) is 0. The molecule has 5 aromatic carbocycles. The first-order chi connectivity index (χ1) is 15.8. The van der Waals surface area contributed by atoms with E-state index >= 15 is 0 Å². The lowest BCUT2D eigenvalue weighted by atomic mass is 9.99. The number of rotatable bonds is 3. The predicted octanol–water partition coefficient (Wildman–Crippen LogP) is 8.43. The molecule has 0 bridgehead atoms. The van der Waals surface area contributed by atoms with Crippen molar-refractivity contribution >= 4 is 21.7 Å². The Balaban J connectivity index is 1.74. The molecule has 0 amide bonds. The zero-order valence-electron chi connectivity index (χ0n) is 18.0. The fraction of sp³-hybridized carbons (Fsp3) is 0.0323. The third-order valence-corrected chi connectivity index (χ3v) is 6.32. The summed E-state index contributed by atoms with van der Waals surface area (Å²) in [5.74, 6) is 0. The smallest absolute Gasteiger partial charge is 0.0546 e. The Kier molecular flexibility index (Phi) is 4.40. The highest BCUT2D eigenvalue weighted by molar-refractivity contribution is 5.99. The molecular weight excluding hydrogens is 387 g/mol. The summed E-state index contributed by atoms with van der Waals surface area (Å²) < 4.78 is 2.44. The van der Waals surface area contributed by atoms with Crippen LogP contribution in [0.2, 0.25) is 0 Å². The normalized spacial score (nSPS) is 11.3. The molecule has 0 saturated heterocycles. The van der Waals surface area contributed by atoms with Crippen molar-refractivity contribution in [2.24, 2.45) is 0 Å². The number of benzene rings is 5. The Morgan fingerprint density at radius 2 is 1.22 bits per heavy atom. The van der Waals surface area contributed by atoms with E-state index in [0.717, 1.165) is 0 Å². The van der Waals surface area contributed by atoms with E-state index in [1.807, 2.05) is 0 Å². The van der Waals surface area contributed by atoms with Crippen molar-refractivity contribution in [3.63, 3.8) is 0 Å². The Morgan fingerprint density at radius 1 is 0.531 bits per heavy atom. The minimum Gasteiger partial charge on any atom is -0.309 e. The van der Waals surface area contributed by atoms with Gasteiger partial charge < -0.3 is 4.57 Å². The van der Waals surface area contributed by atoms with Crippen molar-refractivity contribution in [3.8, 4) is 28.1 Å². The predicted molar refractivity (Wildman–Crippen MR) is 136 cm³/mol. The molecule has 0 spiro atoms. The van der Waals surface area contributed by atoms with Crippen LogP contribution in [0.5, 0.6) is 0 Å². The van der Waals surface area contributed by atoms with Crippen LogP contribution in [-0.2, 0) is 0 Å². The standard InChI is InChI=1S/C31H23N/c1-22-11-5-8-16-27(22)30-20-25-15-7-10-18-29(25)32(30)31-21-26(23-12-3-2-4-13-23)19-24-14-6-9-17-28(24)31/h2-21H,1H3/i30+1. The van der Waals surface area contributed by atoms with E-state index in [4.69, 9.17) is 0 Å². The maximum absolute atomic E-state index is 2.44. The van der Waals surface area contributed by atoms with Gasteiger partial charge in [0.15, 0.2) is 0 Å². The third kappa shape index (κ3) is 3.02. The van der Waals surface area contributed by atoms with Crippen LogP contribution in [0.4, 0.5) is 0 Å². The maximum atomic E-state index is 2.44. The second-order valence-electron chi connectivity index (χ2n) is 8.32. The van der Waals surface area contributed by atoms with E-state index in [1.54, 1.807) is 0 Å². The van der Waals surface area contributed by atoms with Gasteiger partial charge in [0, 0.05) is 16.3 Å². The summed E-state index contributed by atoms with van der Waals surface area (Å²) in [7, 11) is 0. The largest absolute Gasteiger partial charge is 0.309 e. The molecule has 32 heavy (non-hydrogen) atoms. The van der Waals surface area contributed by atoms with Crippen LogP contribution >= 0.6 is 0 Å². The Morgan fingerprint density at radius 3 is 2.06 bits per heavy atom. The van der Waals surface area contributed by atoms with E-state index in [9.17, 15) is 0 Å². The zero-order valence-corrected chi connectivity index (χ0v) is 18.0. The number of aromatic nitrogens is 1. The van der Waals surface area contributed by atoms with Gasteiger partial charge in [0.2, 0.25) is 0 Å². The van der Waals surface area contributed by atoms with E-state index in [1.165, 1.54) is 55.3 Å². The van der Waals surface area contributed by atoms with Crippen molar-refractivity contribution < 1.29 is 0 Å². The van der Waals surface area contributed by atoms with Gasteiger partial charge in [-0.3, -0.25) is 0 Å². The topological polar surface area (TPSA) is 4.93 Å². The van der Waals surface area contributed by atoms with Gasteiger partial charge in [-0.15, -0.1) is 0 Å². The second kappa shape index (κ2) is 7.55. The molecule has 1 aromatic heterocycles. The summed E-state index contributed by atoms with van der Waals surface area (Å²) in [4.78, 5) is 0. The molecule has 0 aliphatic rings. The molecule has 0 N–H and O–H groups in total. The second-order valence-corrected chi connectivity index (χ2v) is 8.32. The highest BCUT2D eigenvalue weighted by Crippen LogP contribution is 2.37. The fourth-order valence-corrected chi connectivity index (χ4v) is 4.75. The van der Waals surface area contributed by atoms with Gasteiger partial charge in [0.05, 0.1) is 16.9 Å². The van der Waals surface area contributed by atoms with Crippen molar-refractivity contribution in [1.29, 1.82) is 0 Å². The first-order valence-electron chi connectivity index (χ1n) is 11.0. The number of aryl methyl sites for hydroxylation is 1. The number of hydrogen-bond acceptors (Lipinski definition) is 0. The van der Waals surface area contributed by atoms with Crippen LogP contribution in [-0.4, -0.2) is 4.57 Å². The third-order valence-electron chi connectivity index (χ3n) is 6.32. The molecule has 1 heteroatoms. The lowest BCUT2D eigenvalue weighted by molar-refractivity contribution is 1.14. The lowest BCUT2D eigenvalue weighted by Crippen LogP contribution is -1.99. The highest BCUT2D eigenvalue weighted by Gasteiger charge is 2.16. The van der Waals surface area contributed by atoms with Gasteiger partial charge in [0.25, 0.3) is 0 Å². The lowest BCUT2D eigenvalue weighted by Gasteiger charge is -2.17. The Labute approximate surface area is 188 Å². The van der Waals surface area contributed by atoms with Crippen LogP contribution in [0.3, 0.4) is 0 Å².